The highest BCUT2D eigenvalue weighted by Crippen LogP contribution is 2.17. The van der Waals surface area contributed by atoms with Crippen molar-refractivity contribution in [1.82, 2.24) is 25.3 Å². The molecule has 2 atom stereocenters. The molecule has 6 heteroatoms. The minimum Gasteiger partial charge on any atom is -0.444 e. The number of oxazole rings is 1. The Labute approximate surface area is 141 Å². The SMILES string of the molecule is CNC(Cc1ccccc1)Cc1cn(C(C)c2ncc(C)o2)nn1. The van der Waals surface area contributed by atoms with Gasteiger partial charge in [0.25, 0.3) is 0 Å². The van der Waals surface area contributed by atoms with Crippen molar-refractivity contribution in [3.05, 3.63) is 65.6 Å². The van der Waals surface area contributed by atoms with E-state index in [9.17, 15) is 0 Å². The molecule has 0 saturated heterocycles. The van der Waals surface area contributed by atoms with Crippen LogP contribution in [0.1, 0.15) is 35.9 Å². The Morgan fingerprint density at radius 2 is 2.00 bits per heavy atom. The highest BCUT2D eigenvalue weighted by Gasteiger charge is 2.17. The number of benzene rings is 1. The first kappa shape index (κ1) is 16.4. The lowest BCUT2D eigenvalue weighted by molar-refractivity contribution is 0.393. The molecule has 0 bridgehead atoms. The Morgan fingerprint density at radius 1 is 1.21 bits per heavy atom. The number of hydrogen-bond acceptors (Lipinski definition) is 5. The fourth-order valence-corrected chi connectivity index (χ4v) is 2.70. The molecule has 24 heavy (non-hydrogen) atoms. The number of aryl methyl sites for hydroxylation is 1. The fourth-order valence-electron chi connectivity index (χ4n) is 2.70. The zero-order valence-electron chi connectivity index (χ0n) is 14.3. The molecule has 0 spiro atoms. The molecule has 2 aromatic heterocycles. The van der Waals surface area contributed by atoms with Crippen molar-refractivity contribution in [2.45, 2.75) is 38.8 Å². The smallest absolute Gasteiger partial charge is 0.219 e. The average Bonchev–Trinajstić information content (AvgIpc) is 3.24. The van der Waals surface area contributed by atoms with Crippen molar-refractivity contribution >= 4 is 0 Å². The maximum Gasteiger partial charge on any atom is 0.219 e. The van der Waals surface area contributed by atoms with E-state index in [2.05, 4.69) is 44.9 Å². The van der Waals surface area contributed by atoms with Gasteiger partial charge in [0, 0.05) is 18.7 Å². The van der Waals surface area contributed by atoms with Crippen molar-refractivity contribution in [2.24, 2.45) is 0 Å². The minimum absolute atomic E-state index is 0.0675. The van der Waals surface area contributed by atoms with Gasteiger partial charge in [-0.05, 0) is 32.9 Å². The van der Waals surface area contributed by atoms with Gasteiger partial charge in [-0.15, -0.1) is 5.10 Å². The molecular weight excluding hydrogens is 302 g/mol. The molecule has 0 aliphatic carbocycles. The van der Waals surface area contributed by atoms with Crippen LogP contribution in [-0.2, 0) is 12.8 Å². The van der Waals surface area contributed by atoms with Gasteiger partial charge in [0.1, 0.15) is 11.8 Å². The molecule has 6 nitrogen and oxygen atoms in total. The molecule has 0 amide bonds. The lowest BCUT2D eigenvalue weighted by atomic mass is 10.0. The monoisotopic (exact) mass is 325 g/mol. The first-order valence-electron chi connectivity index (χ1n) is 8.20. The number of likely N-dealkylation sites (N-methyl/N-ethyl adjacent to an activating group) is 1. The number of aromatic nitrogens is 4. The van der Waals surface area contributed by atoms with E-state index in [0.29, 0.717) is 11.9 Å². The third-order valence-electron chi connectivity index (χ3n) is 4.14. The van der Waals surface area contributed by atoms with E-state index >= 15 is 0 Å². The molecule has 0 radical (unpaired) electrons. The van der Waals surface area contributed by atoms with Crippen LogP contribution in [0.3, 0.4) is 0 Å². The summed E-state index contributed by atoms with van der Waals surface area (Å²) < 4.78 is 7.38. The highest BCUT2D eigenvalue weighted by molar-refractivity contribution is 5.16. The second-order valence-corrected chi connectivity index (χ2v) is 6.05. The van der Waals surface area contributed by atoms with Crippen molar-refractivity contribution in [2.75, 3.05) is 7.05 Å². The molecule has 2 heterocycles. The summed E-state index contributed by atoms with van der Waals surface area (Å²) in [6.07, 6.45) is 5.47. The Balaban J connectivity index is 1.66. The Kier molecular flexibility index (Phi) is 5.05. The van der Waals surface area contributed by atoms with Crippen molar-refractivity contribution < 1.29 is 4.42 Å². The van der Waals surface area contributed by atoms with E-state index in [-0.39, 0.29) is 6.04 Å². The summed E-state index contributed by atoms with van der Waals surface area (Å²) in [6.45, 7) is 3.89. The normalized spacial score (nSPS) is 13.8. The average molecular weight is 325 g/mol. The molecule has 0 aliphatic rings. The Bertz CT molecular complexity index is 765. The van der Waals surface area contributed by atoms with Gasteiger partial charge in [-0.25, -0.2) is 9.67 Å². The molecule has 0 aliphatic heterocycles. The predicted octanol–water partition coefficient (Wildman–Crippen LogP) is 2.56. The summed E-state index contributed by atoms with van der Waals surface area (Å²) in [5, 5.41) is 11.9. The lowest BCUT2D eigenvalue weighted by Crippen LogP contribution is -2.30. The maximum atomic E-state index is 5.58. The zero-order chi connectivity index (χ0) is 16.9. The van der Waals surface area contributed by atoms with Crippen LogP contribution >= 0.6 is 0 Å². The third-order valence-corrected chi connectivity index (χ3v) is 4.14. The Morgan fingerprint density at radius 3 is 2.67 bits per heavy atom. The van der Waals surface area contributed by atoms with E-state index in [1.54, 1.807) is 10.9 Å². The molecule has 0 saturated carbocycles. The highest BCUT2D eigenvalue weighted by atomic mass is 16.4. The fraction of sp³-hybridized carbons (Fsp3) is 0.389. The van der Waals surface area contributed by atoms with E-state index in [1.165, 1.54) is 5.56 Å². The van der Waals surface area contributed by atoms with E-state index < -0.39 is 0 Å². The molecule has 126 valence electrons. The summed E-state index contributed by atoms with van der Waals surface area (Å²) >= 11 is 0. The maximum absolute atomic E-state index is 5.58. The van der Waals surface area contributed by atoms with Crippen LogP contribution in [0.4, 0.5) is 0 Å². The van der Waals surface area contributed by atoms with Crippen LogP contribution in [0, 0.1) is 6.92 Å². The van der Waals surface area contributed by atoms with Gasteiger partial charge in [0.15, 0.2) is 0 Å². The van der Waals surface area contributed by atoms with Gasteiger partial charge in [-0.3, -0.25) is 0 Å². The van der Waals surface area contributed by atoms with E-state index in [4.69, 9.17) is 4.42 Å². The molecule has 1 N–H and O–H groups in total. The minimum atomic E-state index is -0.0675. The second kappa shape index (κ2) is 7.40. The van der Waals surface area contributed by atoms with Gasteiger partial charge in [0.05, 0.1) is 11.9 Å². The van der Waals surface area contributed by atoms with Gasteiger partial charge < -0.3 is 9.73 Å². The Hall–Kier alpha value is -2.47. The topological polar surface area (TPSA) is 68.8 Å². The van der Waals surface area contributed by atoms with Crippen molar-refractivity contribution in [3.8, 4) is 0 Å². The summed E-state index contributed by atoms with van der Waals surface area (Å²) in [6, 6.07) is 10.7. The summed E-state index contributed by atoms with van der Waals surface area (Å²) in [7, 11) is 1.98. The summed E-state index contributed by atoms with van der Waals surface area (Å²) in [5.41, 5.74) is 2.27. The lowest BCUT2D eigenvalue weighted by Gasteiger charge is -2.14. The van der Waals surface area contributed by atoms with Crippen LogP contribution in [0.2, 0.25) is 0 Å². The predicted molar refractivity (Wildman–Crippen MR) is 91.8 cm³/mol. The summed E-state index contributed by atoms with van der Waals surface area (Å²) in [5.74, 6) is 1.45. The molecular formula is C18H23N5O. The van der Waals surface area contributed by atoms with Crippen LogP contribution in [0.25, 0.3) is 0 Å². The first-order valence-corrected chi connectivity index (χ1v) is 8.20. The van der Waals surface area contributed by atoms with Gasteiger partial charge >= 0.3 is 0 Å². The second-order valence-electron chi connectivity index (χ2n) is 6.05. The molecule has 2 unspecified atom stereocenters. The van der Waals surface area contributed by atoms with Gasteiger partial charge in [0.2, 0.25) is 5.89 Å². The van der Waals surface area contributed by atoms with Crippen LogP contribution in [0.15, 0.2) is 47.1 Å². The molecule has 3 aromatic rings. The molecule has 3 rings (SSSR count). The van der Waals surface area contributed by atoms with E-state index in [0.717, 1.165) is 24.3 Å². The molecule has 1 aromatic carbocycles. The number of rotatable bonds is 7. The third kappa shape index (κ3) is 3.89. The zero-order valence-corrected chi connectivity index (χ0v) is 14.3. The number of hydrogen-bond donors (Lipinski definition) is 1. The van der Waals surface area contributed by atoms with Crippen LogP contribution < -0.4 is 5.32 Å². The van der Waals surface area contributed by atoms with Crippen molar-refractivity contribution in [3.63, 3.8) is 0 Å². The molecule has 0 fully saturated rings. The largest absolute Gasteiger partial charge is 0.444 e. The standard InChI is InChI=1S/C18H23N5O/c1-13-11-20-18(24-13)14(2)23-12-17(21-22-23)10-16(19-3)9-15-7-5-4-6-8-15/h4-8,11-12,14,16,19H,9-10H2,1-3H3. The summed E-state index contributed by atoms with van der Waals surface area (Å²) in [4.78, 5) is 4.27. The quantitative estimate of drug-likeness (QED) is 0.723. The van der Waals surface area contributed by atoms with Crippen molar-refractivity contribution in [1.29, 1.82) is 0 Å². The van der Waals surface area contributed by atoms with Crippen LogP contribution in [0.5, 0.6) is 0 Å². The van der Waals surface area contributed by atoms with Gasteiger partial charge in [-0.1, -0.05) is 35.5 Å². The number of nitrogens with zero attached hydrogens (tertiary/aromatic N) is 4. The van der Waals surface area contributed by atoms with E-state index in [1.807, 2.05) is 33.2 Å². The first-order chi connectivity index (χ1) is 11.7. The van der Waals surface area contributed by atoms with Crippen LogP contribution in [-0.4, -0.2) is 33.1 Å². The number of nitrogens with one attached hydrogen (secondary N) is 1. The van der Waals surface area contributed by atoms with Gasteiger partial charge in [-0.2, -0.15) is 0 Å².